The number of carbonyl (C=O) groups excluding carboxylic acids is 1. The first-order valence-corrected chi connectivity index (χ1v) is 2.45. The molecule has 1 rings (SSSR count). The van der Waals surface area contributed by atoms with Crippen LogP contribution in [0.2, 0.25) is 0 Å². The van der Waals surface area contributed by atoms with Crippen LogP contribution in [-0.2, 0) is 9.47 Å². The van der Waals surface area contributed by atoms with Crippen LogP contribution in [0.1, 0.15) is 6.42 Å². The van der Waals surface area contributed by atoms with Crippen molar-refractivity contribution >= 4 is 6.16 Å². The molecule has 1 saturated heterocycles. The molecule has 3 nitrogen and oxygen atoms in total. The molecule has 1 fully saturated rings. The normalized spacial score (nSPS) is 28.6. The van der Waals surface area contributed by atoms with Crippen LogP contribution in [0.3, 0.4) is 0 Å². The van der Waals surface area contributed by atoms with Gasteiger partial charge in [-0.15, -0.1) is 0 Å². The van der Waals surface area contributed by atoms with Crippen molar-refractivity contribution in [1.29, 1.82) is 0 Å². The molecule has 0 aromatic rings. The minimum Gasteiger partial charge on any atom is -0.434 e. The largest absolute Gasteiger partial charge is 0.508 e. The first-order chi connectivity index (χ1) is 3.79. The molecule has 1 heterocycles. The molecule has 3 heteroatoms. The lowest BCUT2D eigenvalue weighted by Gasteiger charge is -2.17. The zero-order chi connectivity index (χ0) is 5.98. The van der Waals surface area contributed by atoms with Gasteiger partial charge in [0.05, 0.1) is 6.61 Å². The van der Waals surface area contributed by atoms with E-state index >= 15 is 0 Å². The molecule has 1 radical (unpaired) electrons. The molecule has 1 aliphatic rings. The summed E-state index contributed by atoms with van der Waals surface area (Å²) >= 11 is 0. The van der Waals surface area contributed by atoms with Crippen molar-refractivity contribution in [2.24, 2.45) is 0 Å². The fraction of sp³-hybridized carbons (Fsp3) is 0.600. The average molecular weight is 115 g/mol. The van der Waals surface area contributed by atoms with Gasteiger partial charge in [0.1, 0.15) is 6.10 Å². The van der Waals surface area contributed by atoms with Crippen molar-refractivity contribution in [1.82, 2.24) is 0 Å². The van der Waals surface area contributed by atoms with Gasteiger partial charge < -0.3 is 9.47 Å². The highest BCUT2D eigenvalue weighted by molar-refractivity contribution is 5.60. The summed E-state index contributed by atoms with van der Waals surface area (Å²) in [6, 6.07) is 0. The van der Waals surface area contributed by atoms with Gasteiger partial charge in [-0.1, -0.05) is 0 Å². The Labute approximate surface area is 47.6 Å². The van der Waals surface area contributed by atoms with Crippen molar-refractivity contribution in [2.45, 2.75) is 12.5 Å². The molecule has 0 spiro atoms. The fourth-order valence-corrected chi connectivity index (χ4v) is 0.503. The molecule has 0 bridgehead atoms. The molecule has 1 unspecified atom stereocenters. The molecule has 1 atom stereocenters. The van der Waals surface area contributed by atoms with Crippen molar-refractivity contribution < 1.29 is 14.3 Å². The van der Waals surface area contributed by atoms with Gasteiger partial charge in [-0.05, 0) is 6.92 Å². The third-order valence-corrected chi connectivity index (χ3v) is 0.923. The second kappa shape index (κ2) is 2.03. The van der Waals surface area contributed by atoms with E-state index in [-0.39, 0.29) is 6.10 Å². The SMILES string of the molecule is [CH2]C1CCOC(=O)O1. The molecular weight excluding hydrogens is 108 g/mol. The summed E-state index contributed by atoms with van der Waals surface area (Å²) in [4.78, 5) is 10.2. The lowest BCUT2D eigenvalue weighted by atomic mass is 10.3. The number of cyclic esters (lactones) is 2. The number of hydrogen-bond acceptors (Lipinski definition) is 3. The quantitative estimate of drug-likeness (QED) is 0.437. The number of carbonyl (C=O) groups is 1. The monoisotopic (exact) mass is 115 g/mol. The Morgan fingerprint density at radius 2 is 2.50 bits per heavy atom. The van der Waals surface area contributed by atoms with E-state index in [1.165, 1.54) is 0 Å². The molecule has 45 valence electrons. The van der Waals surface area contributed by atoms with E-state index in [4.69, 9.17) is 0 Å². The minimum atomic E-state index is -0.601. The minimum absolute atomic E-state index is 0.212. The van der Waals surface area contributed by atoms with E-state index in [1.807, 2.05) is 0 Å². The van der Waals surface area contributed by atoms with Crippen LogP contribution in [-0.4, -0.2) is 18.9 Å². The fourth-order valence-electron chi connectivity index (χ4n) is 0.503. The van der Waals surface area contributed by atoms with E-state index < -0.39 is 6.16 Å². The molecule has 0 aromatic carbocycles. The smallest absolute Gasteiger partial charge is 0.434 e. The van der Waals surface area contributed by atoms with E-state index in [0.29, 0.717) is 13.0 Å². The van der Waals surface area contributed by atoms with Crippen LogP contribution in [0, 0.1) is 6.92 Å². The van der Waals surface area contributed by atoms with Gasteiger partial charge in [-0.3, -0.25) is 0 Å². The van der Waals surface area contributed by atoms with E-state index in [1.54, 1.807) is 0 Å². The summed E-state index contributed by atoms with van der Waals surface area (Å²) in [5.41, 5.74) is 0. The summed E-state index contributed by atoms with van der Waals surface area (Å²) in [5.74, 6) is 0. The highest BCUT2D eigenvalue weighted by Gasteiger charge is 2.16. The van der Waals surface area contributed by atoms with Gasteiger partial charge in [0.15, 0.2) is 0 Å². The summed E-state index contributed by atoms with van der Waals surface area (Å²) in [5, 5.41) is 0. The molecule has 0 amide bonds. The maximum atomic E-state index is 10.2. The van der Waals surface area contributed by atoms with Crippen molar-refractivity contribution in [3.63, 3.8) is 0 Å². The highest BCUT2D eigenvalue weighted by Crippen LogP contribution is 2.05. The van der Waals surface area contributed by atoms with Crippen molar-refractivity contribution in [3.8, 4) is 0 Å². The van der Waals surface area contributed by atoms with Crippen LogP contribution in [0.4, 0.5) is 4.79 Å². The predicted molar refractivity (Wildman–Crippen MR) is 26.2 cm³/mol. The van der Waals surface area contributed by atoms with Gasteiger partial charge in [0.2, 0.25) is 0 Å². The molecule has 8 heavy (non-hydrogen) atoms. The van der Waals surface area contributed by atoms with Crippen molar-refractivity contribution in [3.05, 3.63) is 6.92 Å². The topological polar surface area (TPSA) is 35.5 Å². The molecule has 0 N–H and O–H groups in total. The molecule has 0 saturated carbocycles. The summed E-state index contributed by atoms with van der Waals surface area (Å²) in [6.45, 7) is 3.96. The lowest BCUT2D eigenvalue weighted by molar-refractivity contribution is -0.00656. The Bertz CT molecular complexity index is 99.8. The summed E-state index contributed by atoms with van der Waals surface area (Å²) in [6.07, 6.45) is -0.112. The Morgan fingerprint density at radius 1 is 1.75 bits per heavy atom. The second-order valence-electron chi connectivity index (χ2n) is 1.63. The second-order valence-corrected chi connectivity index (χ2v) is 1.63. The number of hydrogen-bond donors (Lipinski definition) is 0. The van der Waals surface area contributed by atoms with Gasteiger partial charge in [-0.2, -0.15) is 0 Å². The maximum Gasteiger partial charge on any atom is 0.508 e. The maximum absolute atomic E-state index is 10.2. The number of rotatable bonds is 0. The first kappa shape index (κ1) is 5.41. The Morgan fingerprint density at radius 3 is 2.88 bits per heavy atom. The van der Waals surface area contributed by atoms with Gasteiger partial charge in [0, 0.05) is 6.42 Å². The highest BCUT2D eigenvalue weighted by atomic mass is 16.7. The van der Waals surface area contributed by atoms with Crippen LogP contribution >= 0.6 is 0 Å². The molecule has 0 aromatic heterocycles. The van der Waals surface area contributed by atoms with Gasteiger partial charge >= 0.3 is 6.16 Å². The third kappa shape index (κ3) is 1.12. The molecular formula is C5H7O3. The van der Waals surface area contributed by atoms with Gasteiger partial charge in [-0.25, -0.2) is 4.79 Å². The first-order valence-electron chi connectivity index (χ1n) is 2.45. The zero-order valence-corrected chi connectivity index (χ0v) is 4.42. The summed E-state index contributed by atoms with van der Waals surface area (Å²) < 4.78 is 8.96. The zero-order valence-electron chi connectivity index (χ0n) is 4.42. The molecule has 0 aliphatic carbocycles. The van der Waals surface area contributed by atoms with Crippen molar-refractivity contribution in [2.75, 3.05) is 6.61 Å². The van der Waals surface area contributed by atoms with E-state index in [2.05, 4.69) is 16.4 Å². The third-order valence-electron chi connectivity index (χ3n) is 0.923. The average Bonchev–Trinajstić information content (AvgIpc) is 1.64. The van der Waals surface area contributed by atoms with Crippen LogP contribution in [0.15, 0.2) is 0 Å². The predicted octanol–water partition coefficient (Wildman–Crippen LogP) is 0.746. The van der Waals surface area contributed by atoms with E-state index in [0.717, 1.165) is 0 Å². The Kier molecular flexibility index (Phi) is 1.37. The molecule has 1 aliphatic heterocycles. The Hall–Kier alpha value is -0.730. The van der Waals surface area contributed by atoms with Gasteiger partial charge in [0.25, 0.3) is 0 Å². The van der Waals surface area contributed by atoms with Crippen LogP contribution < -0.4 is 0 Å². The van der Waals surface area contributed by atoms with Crippen LogP contribution in [0.25, 0.3) is 0 Å². The lowest BCUT2D eigenvalue weighted by Crippen LogP contribution is -2.24. The van der Waals surface area contributed by atoms with Crippen LogP contribution in [0.5, 0.6) is 0 Å². The summed E-state index contributed by atoms with van der Waals surface area (Å²) in [7, 11) is 0. The standard InChI is InChI=1S/C5H7O3/c1-4-2-3-7-5(6)8-4/h4H,1-3H2. The Balaban J connectivity index is 2.34. The number of ether oxygens (including phenoxy) is 2. The van der Waals surface area contributed by atoms with E-state index in [9.17, 15) is 4.79 Å².